The molecule has 2 aromatic rings. The van der Waals surface area contributed by atoms with Crippen LogP contribution < -0.4 is 5.32 Å². The number of nitrogens with zero attached hydrogens (tertiary/aromatic N) is 1. The van der Waals surface area contributed by atoms with Gasteiger partial charge in [-0.15, -0.1) is 11.3 Å². The van der Waals surface area contributed by atoms with Crippen LogP contribution in [-0.4, -0.2) is 17.6 Å². The maximum atomic E-state index is 5.81. The molecule has 0 unspecified atom stereocenters. The van der Waals surface area contributed by atoms with Gasteiger partial charge in [0.15, 0.2) is 11.7 Å². The zero-order valence-corrected chi connectivity index (χ0v) is 12.7. The van der Waals surface area contributed by atoms with Gasteiger partial charge in [-0.25, -0.2) is 4.98 Å². The van der Waals surface area contributed by atoms with Crippen LogP contribution in [0.1, 0.15) is 38.0 Å². The summed E-state index contributed by atoms with van der Waals surface area (Å²) in [6.45, 7) is 7.49. The van der Waals surface area contributed by atoms with Crippen LogP contribution >= 0.6 is 11.3 Å². The topological polar surface area (TPSA) is 38.1 Å². The highest BCUT2D eigenvalue weighted by Gasteiger charge is 2.08. The van der Waals surface area contributed by atoms with E-state index in [1.807, 2.05) is 6.20 Å². The predicted molar refractivity (Wildman–Crippen MR) is 80.7 cm³/mol. The van der Waals surface area contributed by atoms with Crippen LogP contribution in [0.2, 0.25) is 0 Å². The van der Waals surface area contributed by atoms with Crippen molar-refractivity contribution in [1.82, 2.24) is 10.3 Å². The summed E-state index contributed by atoms with van der Waals surface area (Å²) in [5, 5.41) is 3.40. The third-order valence-electron chi connectivity index (χ3n) is 2.93. The van der Waals surface area contributed by atoms with Crippen LogP contribution in [0.5, 0.6) is 0 Å². The van der Waals surface area contributed by atoms with Gasteiger partial charge < -0.3 is 9.73 Å². The molecule has 0 aromatic carbocycles. The zero-order valence-electron chi connectivity index (χ0n) is 11.9. The third kappa shape index (κ3) is 4.18. The van der Waals surface area contributed by atoms with Gasteiger partial charge in [-0.1, -0.05) is 20.8 Å². The van der Waals surface area contributed by atoms with E-state index in [9.17, 15) is 0 Å². The minimum Gasteiger partial charge on any atom is -0.440 e. The number of oxazole rings is 1. The van der Waals surface area contributed by atoms with E-state index in [0.717, 1.165) is 37.5 Å². The van der Waals surface area contributed by atoms with Gasteiger partial charge in [-0.05, 0) is 31.5 Å². The third-order valence-corrected chi connectivity index (χ3v) is 4.17. The summed E-state index contributed by atoms with van der Waals surface area (Å²) in [6, 6.07) is 4.82. The Morgan fingerprint density at radius 3 is 2.89 bits per heavy atom. The minimum atomic E-state index is 0.540. The second kappa shape index (κ2) is 6.87. The fourth-order valence-electron chi connectivity index (χ4n) is 1.87. The highest BCUT2D eigenvalue weighted by molar-refractivity contribution is 7.15. The molecule has 1 N–H and O–H groups in total. The number of aromatic nitrogens is 1. The van der Waals surface area contributed by atoms with Crippen molar-refractivity contribution in [2.24, 2.45) is 0 Å². The number of hydrogen-bond donors (Lipinski definition) is 1. The number of thiophene rings is 1. The van der Waals surface area contributed by atoms with Crippen molar-refractivity contribution >= 4 is 11.3 Å². The van der Waals surface area contributed by atoms with Crippen molar-refractivity contribution in [3.05, 3.63) is 29.1 Å². The van der Waals surface area contributed by atoms with Gasteiger partial charge in [-0.3, -0.25) is 0 Å². The molecule has 0 atom stereocenters. The average molecular weight is 278 g/mol. The number of rotatable bonds is 7. The predicted octanol–water partition coefficient (Wildman–Crippen LogP) is 3.90. The molecule has 4 heteroatoms. The molecule has 0 saturated carbocycles. The van der Waals surface area contributed by atoms with Crippen molar-refractivity contribution < 1.29 is 4.42 Å². The van der Waals surface area contributed by atoms with Crippen molar-refractivity contribution in [2.45, 2.75) is 46.1 Å². The quantitative estimate of drug-likeness (QED) is 0.781. The van der Waals surface area contributed by atoms with E-state index in [2.05, 4.69) is 43.2 Å². The van der Waals surface area contributed by atoms with E-state index in [0.29, 0.717) is 6.04 Å². The standard InChI is InChI=1S/C15H22N2OS/c1-4-12-7-8-14(19-12)13-10-17-15(18-13)6-5-9-16-11(2)3/h7-8,10-11,16H,4-6,9H2,1-3H3. The average Bonchev–Trinajstić information content (AvgIpc) is 3.02. The molecule has 0 fully saturated rings. The van der Waals surface area contributed by atoms with E-state index in [4.69, 9.17) is 4.42 Å². The maximum absolute atomic E-state index is 5.81. The van der Waals surface area contributed by atoms with Gasteiger partial charge in [0.25, 0.3) is 0 Å². The molecule has 2 aromatic heterocycles. The molecule has 0 amide bonds. The van der Waals surface area contributed by atoms with Crippen LogP contribution in [0.3, 0.4) is 0 Å². The monoisotopic (exact) mass is 278 g/mol. The SMILES string of the molecule is CCc1ccc(-c2cnc(CCCNC(C)C)o2)s1. The Labute approximate surface area is 119 Å². The normalized spacial score (nSPS) is 11.4. The van der Waals surface area contributed by atoms with E-state index in [1.54, 1.807) is 11.3 Å². The van der Waals surface area contributed by atoms with Crippen LogP contribution in [0.15, 0.2) is 22.7 Å². The highest BCUT2D eigenvalue weighted by atomic mass is 32.1. The molecule has 0 saturated heterocycles. The summed E-state index contributed by atoms with van der Waals surface area (Å²) in [4.78, 5) is 6.92. The molecule has 2 heterocycles. The Morgan fingerprint density at radius 1 is 1.37 bits per heavy atom. The van der Waals surface area contributed by atoms with E-state index in [1.165, 1.54) is 9.75 Å². The second-order valence-corrected chi connectivity index (χ2v) is 6.12. The van der Waals surface area contributed by atoms with Gasteiger partial charge in [-0.2, -0.15) is 0 Å². The molecule has 104 valence electrons. The van der Waals surface area contributed by atoms with Crippen LogP contribution in [-0.2, 0) is 12.8 Å². The van der Waals surface area contributed by atoms with E-state index in [-0.39, 0.29) is 0 Å². The summed E-state index contributed by atoms with van der Waals surface area (Å²) in [6.07, 6.45) is 4.87. The Kier molecular flexibility index (Phi) is 5.16. The Morgan fingerprint density at radius 2 is 2.21 bits per heavy atom. The highest BCUT2D eigenvalue weighted by Crippen LogP contribution is 2.29. The van der Waals surface area contributed by atoms with Crippen molar-refractivity contribution in [3.63, 3.8) is 0 Å². The minimum absolute atomic E-state index is 0.540. The molecular weight excluding hydrogens is 256 g/mol. The first-order chi connectivity index (χ1) is 9.19. The molecule has 0 aliphatic rings. The second-order valence-electron chi connectivity index (χ2n) is 4.95. The van der Waals surface area contributed by atoms with Gasteiger partial charge in [0.2, 0.25) is 0 Å². The first kappa shape index (κ1) is 14.3. The van der Waals surface area contributed by atoms with Gasteiger partial charge in [0.05, 0.1) is 11.1 Å². The van der Waals surface area contributed by atoms with E-state index >= 15 is 0 Å². The van der Waals surface area contributed by atoms with Gasteiger partial charge in [0.1, 0.15) is 0 Å². The van der Waals surface area contributed by atoms with Gasteiger partial charge >= 0.3 is 0 Å². The molecule has 19 heavy (non-hydrogen) atoms. The van der Waals surface area contributed by atoms with Crippen LogP contribution in [0.25, 0.3) is 10.6 Å². The lowest BCUT2D eigenvalue weighted by Crippen LogP contribution is -2.23. The van der Waals surface area contributed by atoms with Gasteiger partial charge in [0, 0.05) is 17.3 Å². The summed E-state index contributed by atoms with van der Waals surface area (Å²) >= 11 is 1.79. The lowest BCUT2D eigenvalue weighted by Gasteiger charge is -2.05. The summed E-state index contributed by atoms with van der Waals surface area (Å²) in [5.41, 5.74) is 0. The number of aryl methyl sites for hydroxylation is 2. The molecule has 0 bridgehead atoms. The largest absolute Gasteiger partial charge is 0.440 e. The molecule has 0 aliphatic heterocycles. The fourth-order valence-corrected chi connectivity index (χ4v) is 2.76. The molecule has 0 spiro atoms. The van der Waals surface area contributed by atoms with Crippen molar-refractivity contribution in [3.8, 4) is 10.6 Å². The zero-order chi connectivity index (χ0) is 13.7. The van der Waals surface area contributed by atoms with Crippen molar-refractivity contribution in [1.29, 1.82) is 0 Å². The van der Waals surface area contributed by atoms with E-state index < -0.39 is 0 Å². The smallest absolute Gasteiger partial charge is 0.194 e. The summed E-state index contributed by atoms with van der Waals surface area (Å²) in [7, 11) is 0. The lowest BCUT2D eigenvalue weighted by atomic mass is 10.3. The van der Waals surface area contributed by atoms with Crippen LogP contribution in [0, 0.1) is 0 Å². The van der Waals surface area contributed by atoms with Crippen LogP contribution in [0.4, 0.5) is 0 Å². The molecule has 3 nitrogen and oxygen atoms in total. The Bertz CT molecular complexity index is 502. The summed E-state index contributed by atoms with van der Waals surface area (Å²) in [5.74, 6) is 1.74. The van der Waals surface area contributed by atoms with Crippen molar-refractivity contribution in [2.75, 3.05) is 6.54 Å². The maximum Gasteiger partial charge on any atom is 0.194 e. The Balaban J connectivity index is 1.88. The first-order valence-corrected chi connectivity index (χ1v) is 7.78. The number of nitrogens with one attached hydrogen (secondary N) is 1. The molecular formula is C15H22N2OS. The lowest BCUT2D eigenvalue weighted by molar-refractivity contribution is 0.485. The molecule has 0 radical (unpaired) electrons. The number of hydrogen-bond acceptors (Lipinski definition) is 4. The summed E-state index contributed by atoms with van der Waals surface area (Å²) < 4.78 is 5.81. The Hall–Kier alpha value is -1.13. The fraction of sp³-hybridized carbons (Fsp3) is 0.533. The molecule has 0 aliphatic carbocycles. The molecule has 2 rings (SSSR count). The first-order valence-electron chi connectivity index (χ1n) is 6.96.